The van der Waals surface area contributed by atoms with Gasteiger partial charge in [-0.15, -0.1) is 0 Å². The molecular formula is C22H23N3O. The van der Waals surface area contributed by atoms with Crippen molar-refractivity contribution in [2.24, 2.45) is 5.92 Å². The van der Waals surface area contributed by atoms with Crippen molar-refractivity contribution >= 4 is 28.2 Å². The number of nitrogens with zero attached hydrogens (tertiary/aromatic N) is 2. The number of carbonyl (C=O) groups excluding carboxylic acids is 1. The van der Waals surface area contributed by atoms with Crippen LogP contribution in [0.25, 0.3) is 10.9 Å². The van der Waals surface area contributed by atoms with Gasteiger partial charge in [-0.3, -0.25) is 4.79 Å². The van der Waals surface area contributed by atoms with Crippen molar-refractivity contribution in [2.45, 2.75) is 19.8 Å². The van der Waals surface area contributed by atoms with E-state index in [0.29, 0.717) is 11.6 Å². The second-order valence-corrected chi connectivity index (χ2v) is 7.04. The molecule has 1 fully saturated rings. The highest BCUT2D eigenvalue weighted by Gasteiger charge is 2.23. The fraction of sp³-hybridized carbons (Fsp3) is 0.273. The summed E-state index contributed by atoms with van der Waals surface area (Å²) in [6.45, 7) is 3.88. The van der Waals surface area contributed by atoms with Gasteiger partial charge in [0.25, 0.3) is 5.91 Å². The lowest BCUT2D eigenvalue weighted by molar-refractivity contribution is 0.0692. The third-order valence-corrected chi connectivity index (χ3v) is 5.06. The molecule has 0 spiro atoms. The summed E-state index contributed by atoms with van der Waals surface area (Å²) in [4.78, 5) is 19.6. The Morgan fingerprint density at radius 3 is 2.50 bits per heavy atom. The Balaban J connectivity index is 1.70. The molecule has 4 nitrogen and oxygen atoms in total. The van der Waals surface area contributed by atoms with Crippen LogP contribution in [0.15, 0.2) is 60.7 Å². The molecule has 1 aliphatic heterocycles. The van der Waals surface area contributed by atoms with E-state index >= 15 is 0 Å². The molecule has 0 atom stereocenters. The standard InChI is InChI=1S/C22H23N3O/c1-16-11-13-25(14-12-16)22(26)21-15-20(23-17-7-3-2-4-8-17)18-9-5-6-10-19(18)24-21/h2-10,15-16H,11-14H2,1H3,(H,23,24). The van der Waals surface area contributed by atoms with Crippen molar-refractivity contribution in [3.8, 4) is 0 Å². The molecule has 1 N–H and O–H groups in total. The molecular weight excluding hydrogens is 322 g/mol. The number of rotatable bonds is 3. The van der Waals surface area contributed by atoms with Crippen LogP contribution in [-0.2, 0) is 0 Å². The van der Waals surface area contributed by atoms with E-state index in [0.717, 1.165) is 48.2 Å². The molecule has 0 unspecified atom stereocenters. The molecule has 1 amide bonds. The fourth-order valence-electron chi connectivity index (χ4n) is 3.44. The summed E-state index contributed by atoms with van der Waals surface area (Å²) >= 11 is 0. The maximum Gasteiger partial charge on any atom is 0.272 e. The second-order valence-electron chi connectivity index (χ2n) is 7.04. The average molecular weight is 345 g/mol. The van der Waals surface area contributed by atoms with Crippen LogP contribution in [0, 0.1) is 5.92 Å². The third-order valence-electron chi connectivity index (χ3n) is 5.06. The molecule has 0 saturated carbocycles. The Morgan fingerprint density at radius 2 is 1.73 bits per heavy atom. The second kappa shape index (κ2) is 7.16. The first kappa shape index (κ1) is 16.6. The lowest BCUT2D eigenvalue weighted by Gasteiger charge is -2.30. The van der Waals surface area contributed by atoms with Crippen molar-refractivity contribution in [3.05, 3.63) is 66.4 Å². The number of para-hydroxylation sites is 2. The van der Waals surface area contributed by atoms with Gasteiger partial charge in [-0.1, -0.05) is 43.3 Å². The number of benzene rings is 2. The monoisotopic (exact) mass is 345 g/mol. The molecule has 0 aliphatic carbocycles. The first-order chi connectivity index (χ1) is 12.7. The molecule has 1 aromatic heterocycles. The first-order valence-electron chi connectivity index (χ1n) is 9.22. The van der Waals surface area contributed by atoms with Crippen LogP contribution < -0.4 is 5.32 Å². The van der Waals surface area contributed by atoms with Crippen LogP contribution in [-0.4, -0.2) is 28.9 Å². The summed E-state index contributed by atoms with van der Waals surface area (Å²) < 4.78 is 0. The quantitative estimate of drug-likeness (QED) is 0.738. The first-order valence-corrected chi connectivity index (χ1v) is 9.22. The van der Waals surface area contributed by atoms with E-state index < -0.39 is 0 Å². The molecule has 26 heavy (non-hydrogen) atoms. The van der Waals surface area contributed by atoms with E-state index in [9.17, 15) is 4.79 Å². The number of likely N-dealkylation sites (tertiary alicyclic amines) is 1. The topological polar surface area (TPSA) is 45.2 Å². The Hall–Kier alpha value is -2.88. The lowest BCUT2D eigenvalue weighted by atomic mass is 9.99. The number of amides is 1. The smallest absolute Gasteiger partial charge is 0.272 e. The number of pyridine rings is 1. The highest BCUT2D eigenvalue weighted by atomic mass is 16.2. The van der Waals surface area contributed by atoms with E-state index in [-0.39, 0.29) is 5.91 Å². The number of piperidine rings is 1. The van der Waals surface area contributed by atoms with Gasteiger partial charge in [0, 0.05) is 24.2 Å². The maximum atomic E-state index is 13.0. The average Bonchev–Trinajstić information content (AvgIpc) is 2.69. The fourth-order valence-corrected chi connectivity index (χ4v) is 3.44. The van der Waals surface area contributed by atoms with E-state index in [1.807, 2.05) is 65.6 Å². The van der Waals surface area contributed by atoms with Crippen LogP contribution in [0.3, 0.4) is 0 Å². The molecule has 1 aliphatic rings. The zero-order valence-corrected chi connectivity index (χ0v) is 15.0. The van der Waals surface area contributed by atoms with Crippen LogP contribution in [0.2, 0.25) is 0 Å². The molecule has 4 rings (SSSR count). The SMILES string of the molecule is CC1CCN(C(=O)c2cc(Nc3ccccc3)c3ccccc3n2)CC1. The summed E-state index contributed by atoms with van der Waals surface area (Å²) in [5.74, 6) is 0.720. The number of hydrogen-bond acceptors (Lipinski definition) is 3. The van der Waals surface area contributed by atoms with Crippen LogP contribution in [0.1, 0.15) is 30.3 Å². The van der Waals surface area contributed by atoms with Gasteiger partial charge in [0.2, 0.25) is 0 Å². The number of anilines is 2. The Morgan fingerprint density at radius 1 is 1.04 bits per heavy atom. The minimum absolute atomic E-state index is 0.0266. The van der Waals surface area contributed by atoms with Crippen molar-refractivity contribution in [1.82, 2.24) is 9.88 Å². The van der Waals surface area contributed by atoms with Crippen molar-refractivity contribution in [3.63, 3.8) is 0 Å². The van der Waals surface area contributed by atoms with Gasteiger partial charge in [0.15, 0.2) is 0 Å². The van der Waals surface area contributed by atoms with E-state index in [2.05, 4.69) is 17.2 Å². The van der Waals surface area contributed by atoms with Crippen LogP contribution in [0.4, 0.5) is 11.4 Å². The molecule has 1 saturated heterocycles. The predicted octanol–water partition coefficient (Wildman–Crippen LogP) is 4.85. The Labute approximate surface area is 153 Å². The molecule has 3 aromatic rings. The molecule has 4 heteroatoms. The van der Waals surface area contributed by atoms with Gasteiger partial charge in [0.05, 0.1) is 11.2 Å². The van der Waals surface area contributed by atoms with Crippen LogP contribution >= 0.6 is 0 Å². The number of hydrogen-bond donors (Lipinski definition) is 1. The summed E-state index contributed by atoms with van der Waals surface area (Å²) in [7, 11) is 0. The Bertz CT molecular complexity index is 915. The van der Waals surface area contributed by atoms with E-state index in [1.165, 1.54) is 0 Å². The van der Waals surface area contributed by atoms with Gasteiger partial charge in [-0.05, 0) is 43.0 Å². The predicted molar refractivity (Wildman–Crippen MR) is 106 cm³/mol. The van der Waals surface area contributed by atoms with Gasteiger partial charge in [-0.25, -0.2) is 4.98 Å². The van der Waals surface area contributed by atoms with Crippen molar-refractivity contribution in [2.75, 3.05) is 18.4 Å². The molecule has 132 valence electrons. The zero-order valence-electron chi connectivity index (χ0n) is 15.0. The van der Waals surface area contributed by atoms with Crippen molar-refractivity contribution < 1.29 is 4.79 Å². The lowest BCUT2D eigenvalue weighted by Crippen LogP contribution is -2.38. The van der Waals surface area contributed by atoms with E-state index in [4.69, 9.17) is 0 Å². The van der Waals surface area contributed by atoms with Gasteiger partial charge >= 0.3 is 0 Å². The summed E-state index contributed by atoms with van der Waals surface area (Å²) in [6, 6.07) is 19.8. The molecule has 2 aromatic carbocycles. The highest BCUT2D eigenvalue weighted by Crippen LogP contribution is 2.27. The van der Waals surface area contributed by atoms with Crippen LogP contribution in [0.5, 0.6) is 0 Å². The summed E-state index contributed by atoms with van der Waals surface area (Å²) in [5.41, 5.74) is 3.25. The number of aromatic nitrogens is 1. The van der Waals surface area contributed by atoms with Gasteiger partial charge < -0.3 is 10.2 Å². The Kier molecular flexibility index (Phi) is 4.57. The van der Waals surface area contributed by atoms with Gasteiger partial charge in [0.1, 0.15) is 5.69 Å². The zero-order chi connectivity index (χ0) is 17.9. The maximum absolute atomic E-state index is 13.0. The normalized spacial score (nSPS) is 15.2. The largest absolute Gasteiger partial charge is 0.355 e. The summed E-state index contributed by atoms with van der Waals surface area (Å²) in [6.07, 6.45) is 2.13. The minimum atomic E-state index is 0.0266. The molecule has 2 heterocycles. The van der Waals surface area contributed by atoms with Gasteiger partial charge in [-0.2, -0.15) is 0 Å². The third kappa shape index (κ3) is 3.40. The highest BCUT2D eigenvalue weighted by molar-refractivity contribution is 6.00. The number of fused-ring (bicyclic) bond motifs is 1. The minimum Gasteiger partial charge on any atom is -0.355 e. The molecule has 0 bridgehead atoms. The summed E-state index contributed by atoms with van der Waals surface area (Å²) in [5, 5.41) is 4.46. The number of carbonyl (C=O) groups is 1. The van der Waals surface area contributed by atoms with E-state index in [1.54, 1.807) is 0 Å². The van der Waals surface area contributed by atoms with Crippen molar-refractivity contribution in [1.29, 1.82) is 0 Å². The number of nitrogens with one attached hydrogen (secondary N) is 1. The molecule has 0 radical (unpaired) electrons.